The summed E-state index contributed by atoms with van der Waals surface area (Å²) < 4.78 is 11.1. The van der Waals surface area contributed by atoms with Gasteiger partial charge in [-0.2, -0.15) is 0 Å². The molecule has 1 fully saturated rings. The quantitative estimate of drug-likeness (QED) is 0.759. The molecule has 1 rings (SSSR count). The van der Waals surface area contributed by atoms with Crippen LogP contribution in [0.3, 0.4) is 0 Å². The van der Waals surface area contributed by atoms with Crippen molar-refractivity contribution in [3.8, 4) is 0 Å². The Kier molecular flexibility index (Phi) is 7.82. The normalized spacial score (nSPS) is 32.4. The van der Waals surface area contributed by atoms with E-state index in [1.54, 1.807) is 7.11 Å². The molecule has 1 aliphatic rings. The molecule has 0 saturated carbocycles. The number of aliphatic hydroxyl groups excluding tert-OH is 1. The van der Waals surface area contributed by atoms with E-state index in [1.807, 2.05) is 38.2 Å². The molecule has 4 atom stereocenters. The minimum absolute atomic E-state index is 0.162. The van der Waals surface area contributed by atoms with Crippen LogP contribution < -0.4 is 0 Å². The molecule has 0 spiro atoms. The van der Waals surface area contributed by atoms with Crippen LogP contribution in [0.25, 0.3) is 0 Å². The number of rotatable bonds is 6. The Balaban J connectivity index is 2.59. The Bertz CT molecular complexity index is 357. The summed E-state index contributed by atoms with van der Waals surface area (Å²) in [6.45, 7) is 6.79. The molecular weight excluding hydrogens is 252 g/mol. The van der Waals surface area contributed by atoms with Crippen molar-refractivity contribution in [2.45, 2.75) is 51.9 Å². The Morgan fingerprint density at radius 3 is 2.75 bits per heavy atom. The molecule has 0 aromatic rings. The van der Waals surface area contributed by atoms with Crippen LogP contribution >= 0.6 is 0 Å². The van der Waals surface area contributed by atoms with Crippen molar-refractivity contribution < 1.29 is 14.6 Å². The minimum atomic E-state index is -0.607. The Hall–Kier alpha value is -0.900. The summed E-state index contributed by atoms with van der Waals surface area (Å²) in [5.41, 5.74) is 1.02. The maximum absolute atomic E-state index is 10.3. The van der Waals surface area contributed by atoms with Gasteiger partial charge in [0, 0.05) is 13.0 Å². The number of methoxy groups -OCH3 is 1. The minimum Gasteiger partial charge on any atom is -0.387 e. The number of aliphatic hydroxyl groups is 1. The van der Waals surface area contributed by atoms with Gasteiger partial charge >= 0.3 is 0 Å². The van der Waals surface area contributed by atoms with Gasteiger partial charge in [-0.25, -0.2) is 0 Å². The van der Waals surface area contributed by atoms with Gasteiger partial charge in [0.1, 0.15) is 12.2 Å². The van der Waals surface area contributed by atoms with Gasteiger partial charge in [0.05, 0.1) is 12.7 Å². The molecule has 0 aromatic heterocycles. The molecule has 3 nitrogen and oxygen atoms in total. The predicted octanol–water partition coefficient (Wildman–Crippen LogP) is 3.26. The lowest BCUT2D eigenvalue weighted by atomic mass is 9.90. The molecule has 0 bridgehead atoms. The zero-order valence-electron chi connectivity index (χ0n) is 13.1. The van der Waals surface area contributed by atoms with Crippen LogP contribution in [-0.2, 0) is 9.47 Å². The van der Waals surface area contributed by atoms with Gasteiger partial charge in [-0.1, -0.05) is 50.6 Å². The van der Waals surface area contributed by atoms with E-state index in [2.05, 4.69) is 13.0 Å². The number of unbranched alkanes of at least 4 members (excludes halogenated alkanes) is 1. The molecule has 1 heterocycles. The molecule has 0 aliphatic carbocycles. The third-order valence-corrected chi connectivity index (χ3v) is 3.64. The number of ether oxygens (including phenoxy) is 2. The van der Waals surface area contributed by atoms with Gasteiger partial charge < -0.3 is 14.6 Å². The standard InChI is InChI=1S/C17H28O3/c1-5-6-7-8-9-10-11-13(2)17-15(18)16(19-4)14(3)12-20-17/h7-11,14-18H,5-6,12H2,1-4H3/b8-7+,10-9+,13-11+/t14-,15+,16-,17-/m0/s1. The fourth-order valence-corrected chi connectivity index (χ4v) is 2.44. The van der Waals surface area contributed by atoms with E-state index < -0.39 is 6.10 Å². The summed E-state index contributed by atoms with van der Waals surface area (Å²) >= 11 is 0. The van der Waals surface area contributed by atoms with Crippen LogP contribution in [0.15, 0.2) is 36.0 Å². The molecule has 1 saturated heterocycles. The highest BCUT2D eigenvalue weighted by Gasteiger charge is 2.37. The van der Waals surface area contributed by atoms with E-state index in [1.165, 1.54) is 0 Å². The first kappa shape index (κ1) is 17.2. The average Bonchev–Trinajstić information content (AvgIpc) is 2.43. The molecular formula is C17H28O3. The lowest BCUT2D eigenvalue weighted by Crippen LogP contribution is -2.50. The lowest BCUT2D eigenvalue weighted by molar-refractivity contribution is -0.158. The fraction of sp³-hybridized carbons (Fsp3) is 0.647. The van der Waals surface area contributed by atoms with E-state index in [9.17, 15) is 5.11 Å². The summed E-state index contributed by atoms with van der Waals surface area (Å²) in [5.74, 6) is 0.214. The monoisotopic (exact) mass is 280 g/mol. The second kappa shape index (κ2) is 9.11. The number of allylic oxidation sites excluding steroid dienone is 5. The van der Waals surface area contributed by atoms with Crippen LogP contribution in [-0.4, -0.2) is 37.1 Å². The molecule has 1 aliphatic heterocycles. The maximum Gasteiger partial charge on any atom is 0.110 e. The van der Waals surface area contributed by atoms with Gasteiger partial charge in [-0.05, 0) is 18.9 Å². The smallest absolute Gasteiger partial charge is 0.110 e. The molecule has 0 amide bonds. The van der Waals surface area contributed by atoms with E-state index in [4.69, 9.17) is 9.47 Å². The van der Waals surface area contributed by atoms with Crippen molar-refractivity contribution in [3.63, 3.8) is 0 Å². The van der Waals surface area contributed by atoms with Crippen molar-refractivity contribution in [1.82, 2.24) is 0 Å². The third-order valence-electron chi connectivity index (χ3n) is 3.64. The van der Waals surface area contributed by atoms with Gasteiger partial charge in [0.25, 0.3) is 0 Å². The van der Waals surface area contributed by atoms with Crippen molar-refractivity contribution in [2.24, 2.45) is 5.92 Å². The number of hydrogen-bond donors (Lipinski definition) is 1. The van der Waals surface area contributed by atoms with Crippen LogP contribution in [0, 0.1) is 5.92 Å². The Labute approximate surface area is 123 Å². The second-order valence-corrected chi connectivity index (χ2v) is 5.43. The molecule has 1 N–H and O–H groups in total. The van der Waals surface area contributed by atoms with E-state index in [0.717, 1.165) is 18.4 Å². The molecule has 0 unspecified atom stereocenters. The van der Waals surface area contributed by atoms with E-state index in [0.29, 0.717) is 6.61 Å². The topological polar surface area (TPSA) is 38.7 Å². The number of hydrogen-bond acceptors (Lipinski definition) is 3. The fourth-order valence-electron chi connectivity index (χ4n) is 2.44. The van der Waals surface area contributed by atoms with Gasteiger partial charge in [0.15, 0.2) is 0 Å². The van der Waals surface area contributed by atoms with Crippen LogP contribution in [0.1, 0.15) is 33.6 Å². The van der Waals surface area contributed by atoms with Crippen molar-refractivity contribution in [3.05, 3.63) is 36.0 Å². The second-order valence-electron chi connectivity index (χ2n) is 5.43. The molecule has 0 aromatic carbocycles. The van der Waals surface area contributed by atoms with Crippen LogP contribution in [0.5, 0.6) is 0 Å². The summed E-state index contributed by atoms with van der Waals surface area (Å²) in [7, 11) is 1.64. The summed E-state index contributed by atoms with van der Waals surface area (Å²) in [6.07, 6.45) is 11.4. The largest absolute Gasteiger partial charge is 0.387 e. The van der Waals surface area contributed by atoms with Gasteiger partial charge in [-0.15, -0.1) is 0 Å². The zero-order valence-corrected chi connectivity index (χ0v) is 13.1. The Morgan fingerprint density at radius 2 is 2.10 bits per heavy atom. The Morgan fingerprint density at radius 1 is 1.35 bits per heavy atom. The predicted molar refractivity (Wildman–Crippen MR) is 82.7 cm³/mol. The maximum atomic E-state index is 10.3. The lowest BCUT2D eigenvalue weighted by Gasteiger charge is -2.38. The summed E-state index contributed by atoms with van der Waals surface area (Å²) in [5, 5.41) is 10.3. The SMILES string of the molecule is CCC/C=C/C=C/C=C(\C)[C@@H]1OC[C@H](C)[C@H](OC)[C@H]1O. The summed E-state index contributed by atoms with van der Waals surface area (Å²) in [6, 6.07) is 0. The first-order chi connectivity index (χ1) is 9.61. The van der Waals surface area contributed by atoms with Crippen LogP contribution in [0.2, 0.25) is 0 Å². The highest BCUT2D eigenvalue weighted by molar-refractivity contribution is 5.20. The highest BCUT2D eigenvalue weighted by Crippen LogP contribution is 2.26. The molecule has 0 radical (unpaired) electrons. The molecule has 3 heteroatoms. The van der Waals surface area contributed by atoms with Gasteiger partial charge in [0.2, 0.25) is 0 Å². The van der Waals surface area contributed by atoms with E-state index >= 15 is 0 Å². The van der Waals surface area contributed by atoms with Crippen molar-refractivity contribution in [2.75, 3.05) is 13.7 Å². The summed E-state index contributed by atoms with van der Waals surface area (Å²) in [4.78, 5) is 0. The molecule has 114 valence electrons. The van der Waals surface area contributed by atoms with Crippen molar-refractivity contribution in [1.29, 1.82) is 0 Å². The zero-order chi connectivity index (χ0) is 15.0. The highest BCUT2D eigenvalue weighted by atomic mass is 16.5. The third kappa shape index (κ3) is 4.89. The van der Waals surface area contributed by atoms with Crippen molar-refractivity contribution >= 4 is 0 Å². The van der Waals surface area contributed by atoms with Gasteiger partial charge in [-0.3, -0.25) is 0 Å². The first-order valence-electron chi connectivity index (χ1n) is 7.44. The average molecular weight is 280 g/mol. The van der Waals surface area contributed by atoms with Crippen LogP contribution in [0.4, 0.5) is 0 Å². The van der Waals surface area contributed by atoms with E-state index in [-0.39, 0.29) is 18.1 Å². The first-order valence-corrected chi connectivity index (χ1v) is 7.44. The molecule has 20 heavy (non-hydrogen) atoms.